The van der Waals surface area contributed by atoms with Crippen molar-refractivity contribution in [3.05, 3.63) is 174 Å². The van der Waals surface area contributed by atoms with Crippen LogP contribution in [-0.4, -0.2) is 0 Å². The molecule has 8 aromatic carbocycles. The normalized spacial score (nSPS) is 13.5. The highest BCUT2D eigenvalue weighted by atomic mass is 15.1. The van der Waals surface area contributed by atoms with Crippen LogP contribution < -0.4 is 4.90 Å². The van der Waals surface area contributed by atoms with Crippen LogP contribution in [0.5, 0.6) is 0 Å². The first-order chi connectivity index (χ1) is 25.0. The minimum atomic E-state index is -0.106. The van der Waals surface area contributed by atoms with E-state index in [1.54, 1.807) is 0 Å². The smallest absolute Gasteiger partial charge is 0.0540 e. The number of nitrogens with zero attached hydrogens (tertiary/aromatic N) is 1. The summed E-state index contributed by atoms with van der Waals surface area (Å²) in [6, 6.07) is 59.3. The summed E-state index contributed by atoms with van der Waals surface area (Å²) in [5, 5.41) is 2.48. The molecule has 0 spiro atoms. The summed E-state index contributed by atoms with van der Waals surface area (Å²) in [5.74, 6) is 0. The van der Waals surface area contributed by atoms with Gasteiger partial charge in [0.25, 0.3) is 0 Å². The Hall–Kier alpha value is -6.18. The van der Waals surface area contributed by atoms with Gasteiger partial charge in [-0.1, -0.05) is 141 Å². The van der Waals surface area contributed by atoms with Gasteiger partial charge in [-0.2, -0.15) is 0 Å². The maximum atomic E-state index is 2.53. The predicted molar refractivity (Wildman–Crippen MR) is 215 cm³/mol. The Morgan fingerprint density at radius 2 is 0.961 bits per heavy atom. The maximum Gasteiger partial charge on any atom is 0.0540 e. The second-order valence-electron chi connectivity index (χ2n) is 14.9. The Labute approximate surface area is 299 Å². The minimum absolute atomic E-state index is 0.106. The van der Waals surface area contributed by atoms with E-state index in [9.17, 15) is 0 Å². The van der Waals surface area contributed by atoms with Crippen LogP contribution in [0.3, 0.4) is 0 Å². The minimum Gasteiger partial charge on any atom is -0.310 e. The van der Waals surface area contributed by atoms with Crippen molar-refractivity contribution in [2.24, 2.45) is 0 Å². The van der Waals surface area contributed by atoms with Crippen LogP contribution in [0.2, 0.25) is 0 Å². The summed E-state index contributed by atoms with van der Waals surface area (Å²) in [5.41, 5.74) is 23.3. The first-order valence-electron chi connectivity index (χ1n) is 18.0. The van der Waals surface area contributed by atoms with Gasteiger partial charge in [-0.3, -0.25) is 0 Å². The molecule has 0 amide bonds. The molecule has 0 N–H and O–H groups in total. The van der Waals surface area contributed by atoms with Gasteiger partial charge >= 0.3 is 0 Å². The summed E-state index contributed by atoms with van der Waals surface area (Å²) in [6.07, 6.45) is 0. The third-order valence-corrected chi connectivity index (χ3v) is 11.9. The van der Waals surface area contributed by atoms with E-state index in [-0.39, 0.29) is 5.41 Å². The molecular formula is C50H35N. The summed E-state index contributed by atoms with van der Waals surface area (Å²) < 4.78 is 0. The molecule has 0 atom stereocenters. The number of rotatable bonds is 3. The highest BCUT2D eigenvalue weighted by Gasteiger charge is 2.37. The van der Waals surface area contributed by atoms with Gasteiger partial charge in [0.15, 0.2) is 0 Å². The third kappa shape index (κ3) is 3.81. The summed E-state index contributed by atoms with van der Waals surface area (Å²) in [7, 11) is 0. The van der Waals surface area contributed by atoms with E-state index in [0.717, 1.165) is 5.69 Å². The fraction of sp³-hybridized carbons (Fsp3) is 0.0800. The van der Waals surface area contributed by atoms with E-state index in [1.807, 2.05) is 0 Å². The highest BCUT2D eigenvalue weighted by molar-refractivity contribution is 6.15. The van der Waals surface area contributed by atoms with Gasteiger partial charge in [0.1, 0.15) is 0 Å². The zero-order valence-corrected chi connectivity index (χ0v) is 29.0. The van der Waals surface area contributed by atoms with Gasteiger partial charge in [0.2, 0.25) is 0 Å². The number of benzene rings is 8. The monoisotopic (exact) mass is 649 g/mol. The van der Waals surface area contributed by atoms with Crippen LogP contribution in [0.1, 0.15) is 30.5 Å². The van der Waals surface area contributed by atoms with E-state index in [4.69, 9.17) is 0 Å². The molecule has 0 unspecified atom stereocenters. The lowest BCUT2D eigenvalue weighted by molar-refractivity contribution is 0.660. The van der Waals surface area contributed by atoms with Crippen LogP contribution in [0, 0.1) is 6.92 Å². The fourth-order valence-corrected chi connectivity index (χ4v) is 9.53. The van der Waals surface area contributed by atoms with E-state index in [2.05, 4.69) is 183 Å². The first-order valence-corrected chi connectivity index (χ1v) is 18.0. The Bertz CT molecular complexity index is 2770. The van der Waals surface area contributed by atoms with E-state index >= 15 is 0 Å². The van der Waals surface area contributed by atoms with Gasteiger partial charge in [-0.25, -0.2) is 0 Å². The Kier molecular flexibility index (Phi) is 5.72. The molecule has 0 heterocycles. The molecule has 0 radical (unpaired) electrons. The van der Waals surface area contributed by atoms with Crippen molar-refractivity contribution in [3.63, 3.8) is 0 Å². The molecule has 1 nitrogen and oxygen atoms in total. The fourth-order valence-electron chi connectivity index (χ4n) is 9.53. The van der Waals surface area contributed by atoms with Gasteiger partial charge < -0.3 is 4.90 Å². The summed E-state index contributed by atoms with van der Waals surface area (Å²) in [6.45, 7) is 7.04. The van der Waals surface area contributed by atoms with Gasteiger partial charge in [0, 0.05) is 22.2 Å². The lowest BCUT2D eigenvalue weighted by Crippen LogP contribution is -2.17. The molecule has 0 aliphatic heterocycles. The van der Waals surface area contributed by atoms with Crippen molar-refractivity contribution in [1.29, 1.82) is 0 Å². The molecule has 3 aliphatic rings. The van der Waals surface area contributed by atoms with Crippen molar-refractivity contribution >= 4 is 27.8 Å². The van der Waals surface area contributed by atoms with E-state index < -0.39 is 0 Å². The Morgan fingerprint density at radius 3 is 1.75 bits per heavy atom. The molecule has 11 rings (SSSR count). The van der Waals surface area contributed by atoms with Crippen LogP contribution in [0.25, 0.3) is 77.5 Å². The van der Waals surface area contributed by atoms with Crippen molar-refractivity contribution in [2.75, 3.05) is 4.90 Å². The first kappa shape index (κ1) is 28.6. The highest BCUT2D eigenvalue weighted by Crippen LogP contribution is 2.58. The molecule has 6 bridgehead atoms. The molecule has 0 saturated heterocycles. The van der Waals surface area contributed by atoms with Gasteiger partial charge in [-0.05, 0) is 126 Å². The summed E-state index contributed by atoms with van der Waals surface area (Å²) >= 11 is 0. The predicted octanol–water partition coefficient (Wildman–Crippen LogP) is 13.9. The summed E-state index contributed by atoms with van der Waals surface area (Å²) in [4.78, 5) is 2.53. The van der Waals surface area contributed by atoms with Crippen molar-refractivity contribution < 1.29 is 0 Å². The lowest BCUT2D eigenvalue weighted by atomic mass is 9.82. The second-order valence-corrected chi connectivity index (χ2v) is 14.9. The standard InChI is InChI=1S/C50H35N/c1-30-27-42-36-17-8-9-23-44(36)50(2,3)45(42)29-47(30)51(46-24-10-14-31-13-4-5-15-33(31)46)32-25-26-35-39-20-12-21-40-41-22-11-19-38(49(41)43(35)28-32)34-16-6-7-18-37(34)48(39)40/h4-29H,1-3H3. The maximum absolute atomic E-state index is 2.53. The molecule has 0 fully saturated rings. The Morgan fingerprint density at radius 1 is 0.392 bits per heavy atom. The number of hydrogen-bond donors (Lipinski definition) is 0. The zero-order valence-electron chi connectivity index (χ0n) is 29.0. The number of fused-ring (bicyclic) bond motifs is 8. The average molecular weight is 650 g/mol. The zero-order chi connectivity index (χ0) is 34.0. The molecule has 8 aromatic rings. The lowest BCUT2D eigenvalue weighted by Gasteiger charge is -2.31. The third-order valence-electron chi connectivity index (χ3n) is 11.9. The molecule has 3 aliphatic carbocycles. The number of anilines is 3. The Balaban J connectivity index is 1.21. The molecule has 0 saturated carbocycles. The second kappa shape index (κ2) is 10.2. The van der Waals surface area contributed by atoms with Gasteiger partial charge in [0.05, 0.1) is 5.69 Å². The van der Waals surface area contributed by atoms with Crippen LogP contribution in [0.4, 0.5) is 17.1 Å². The molecular weight excluding hydrogens is 615 g/mol. The average Bonchev–Trinajstić information content (AvgIpc) is 3.31. The number of hydrogen-bond acceptors (Lipinski definition) is 1. The van der Waals surface area contributed by atoms with Crippen molar-refractivity contribution in [2.45, 2.75) is 26.2 Å². The van der Waals surface area contributed by atoms with Crippen LogP contribution in [-0.2, 0) is 5.41 Å². The van der Waals surface area contributed by atoms with Crippen molar-refractivity contribution in [1.82, 2.24) is 0 Å². The van der Waals surface area contributed by atoms with Crippen LogP contribution in [0.15, 0.2) is 158 Å². The molecule has 240 valence electrons. The van der Waals surface area contributed by atoms with E-state index in [0.29, 0.717) is 0 Å². The molecule has 1 heteroatoms. The quantitative estimate of drug-likeness (QED) is 0.184. The van der Waals surface area contributed by atoms with Crippen LogP contribution >= 0.6 is 0 Å². The van der Waals surface area contributed by atoms with E-state index in [1.165, 1.54) is 106 Å². The molecule has 0 aromatic heterocycles. The SMILES string of the molecule is Cc1cc2c(cc1N(c1ccc3c(c1)-c1c4cccc1-c1cccc-3c1-c1ccccc1-4)c1cccc3ccccc13)C(C)(C)c1ccccc1-2. The number of aryl methyl sites for hydroxylation is 1. The van der Waals surface area contributed by atoms with Crippen molar-refractivity contribution in [3.8, 4) is 66.8 Å². The largest absolute Gasteiger partial charge is 0.310 e. The molecule has 51 heavy (non-hydrogen) atoms. The topological polar surface area (TPSA) is 3.24 Å². The van der Waals surface area contributed by atoms with Gasteiger partial charge in [-0.15, -0.1) is 0 Å².